The van der Waals surface area contributed by atoms with Gasteiger partial charge in [-0.3, -0.25) is 4.79 Å². The highest BCUT2D eigenvalue weighted by Gasteiger charge is 2.34. The van der Waals surface area contributed by atoms with Gasteiger partial charge in [0.15, 0.2) is 0 Å². The van der Waals surface area contributed by atoms with Crippen LogP contribution >= 0.6 is 0 Å². The van der Waals surface area contributed by atoms with Gasteiger partial charge >= 0.3 is 0 Å². The Morgan fingerprint density at radius 2 is 2.12 bits per heavy atom. The number of hydrogen-bond acceptors (Lipinski definition) is 4. The van der Waals surface area contributed by atoms with Crippen molar-refractivity contribution in [2.45, 2.75) is 31.6 Å². The van der Waals surface area contributed by atoms with E-state index >= 15 is 0 Å². The molecule has 1 unspecified atom stereocenters. The summed E-state index contributed by atoms with van der Waals surface area (Å²) in [6.45, 7) is 4.72. The number of hydrogen-bond donors (Lipinski definition) is 1. The van der Waals surface area contributed by atoms with E-state index in [-0.39, 0.29) is 17.7 Å². The Morgan fingerprint density at radius 3 is 2.88 bits per heavy atom. The van der Waals surface area contributed by atoms with Crippen molar-refractivity contribution in [2.75, 3.05) is 32.7 Å². The van der Waals surface area contributed by atoms with Gasteiger partial charge in [0.25, 0.3) is 0 Å². The smallest absolute Gasteiger partial charge is 0.236 e. The molecule has 0 spiro atoms. The first kappa shape index (κ1) is 17.4. The van der Waals surface area contributed by atoms with Gasteiger partial charge in [0.2, 0.25) is 15.9 Å². The molecule has 24 heavy (non-hydrogen) atoms. The van der Waals surface area contributed by atoms with Crippen LogP contribution in [-0.2, 0) is 20.6 Å². The van der Waals surface area contributed by atoms with Crippen LogP contribution in [-0.4, -0.2) is 62.3 Å². The monoisotopic (exact) mass is 351 g/mol. The number of carbonyl (C=O) groups excluding carboxylic acids is 1. The standard InChI is InChI=1S/C17H25N3O3S/c1-14-4-2-5-15(10-14)13-24(22,23)19-8-3-6-16(12-19)20-9-7-18-11-17(20)21/h2,4-5,10,16,18H,3,6-9,11-13H2,1H3. The molecule has 1 atom stereocenters. The topological polar surface area (TPSA) is 69.7 Å². The third-order valence-corrected chi connectivity index (χ3v) is 6.57. The minimum absolute atomic E-state index is 0.000587. The molecule has 0 aromatic heterocycles. The minimum atomic E-state index is -3.36. The van der Waals surface area contributed by atoms with E-state index in [0.717, 1.165) is 30.5 Å². The Hall–Kier alpha value is -1.44. The molecule has 0 saturated carbocycles. The molecule has 0 radical (unpaired) electrons. The Balaban J connectivity index is 1.70. The van der Waals surface area contributed by atoms with Crippen LogP contribution in [0.1, 0.15) is 24.0 Å². The highest BCUT2D eigenvalue weighted by atomic mass is 32.2. The van der Waals surface area contributed by atoms with Crippen LogP contribution in [0.25, 0.3) is 0 Å². The lowest BCUT2D eigenvalue weighted by molar-refractivity contribution is -0.135. The molecule has 3 rings (SSSR count). The van der Waals surface area contributed by atoms with E-state index in [2.05, 4.69) is 5.32 Å². The summed E-state index contributed by atoms with van der Waals surface area (Å²) in [4.78, 5) is 13.9. The van der Waals surface area contributed by atoms with Gasteiger partial charge in [-0.1, -0.05) is 29.8 Å². The van der Waals surface area contributed by atoms with Gasteiger partial charge < -0.3 is 10.2 Å². The maximum atomic E-state index is 12.8. The SMILES string of the molecule is Cc1cccc(CS(=O)(=O)N2CCCC(N3CCNCC3=O)C2)c1. The lowest BCUT2D eigenvalue weighted by Crippen LogP contribution is -2.57. The van der Waals surface area contributed by atoms with Gasteiger partial charge in [-0.25, -0.2) is 8.42 Å². The Kier molecular flexibility index (Phi) is 5.22. The van der Waals surface area contributed by atoms with Crippen LogP contribution in [0.2, 0.25) is 0 Å². The van der Waals surface area contributed by atoms with E-state index in [1.807, 2.05) is 36.1 Å². The molecule has 0 bridgehead atoms. The average molecular weight is 351 g/mol. The maximum Gasteiger partial charge on any atom is 0.236 e. The third-order valence-electron chi connectivity index (χ3n) is 4.75. The summed E-state index contributed by atoms with van der Waals surface area (Å²) < 4.78 is 27.1. The normalized spacial score (nSPS) is 23.5. The maximum absolute atomic E-state index is 12.8. The molecular weight excluding hydrogens is 326 g/mol. The van der Waals surface area contributed by atoms with Crippen molar-refractivity contribution in [2.24, 2.45) is 0 Å². The quantitative estimate of drug-likeness (QED) is 0.868. The van der Waals surface area contributed by atoms with Gasteiger partial charge in [0.1, 0.15) is 0 Å². The fourth-order valence-electron chi connectivity index (χ4n) is 3.54. The zero-order chi connectivity index (χ0) is 17.2. The summed E-state index contributed by atoms with van der Waals surface area (Å²) in [5.41, 5.74) is 1.88. The second-order valence-electron chi connectivity index (χ2n) is 6.66. The fraction of sp³-hybridized carbons (Fsp3) is 0.588. The summed E-state index contributed by atoms with van der Waals surface area (Å²) in [7, 11) is -3.36. The predicted molar refractivity (Wildman–Crippen MR) is 93.0 cm³/mol. The number of aryl methyl sites for hydroxylation is 1. The van der Waals surface area contributed by atoms with Gasteiger partial charge in [0.05, 0.1) is 12.3 Å². The number of nitrogens with zero attached hydrogens (tertiary/aromatic N) is 2. The summed E-state index contributed by atoms with van der Waals surface area (Å²) in [6, 6.07) is 7.62. The molecule has 2 aliphatic heterocycles. The first-order valence-electron chi connectivity index (χ1n) is 8.49. The molecule has 1 N–H and O–H groups in total. The molecule has 2 aliphatic rings. The van der Waals surface area contributed by atoms with Crippen LogP contribution in [0, 0.1) is 6.92 Å². The molecule has 1 aromatic carbocycles. The van der Waals surface area contributed by atoms with Crippen molar-refractivity contribution in [1.82, 2.24) is 14.5 Å². The molecule has 0 aliphatic carbocycles. The predicted octanol–water partition coefficient (Wildman–Crippen LogP) is 0.721. The van der Waals surface area contributed by atoms with E-state index in [9.17, 15) is 13.2 Å². The first-order valence-corrected chi connectivity index (χ1v) is 10.1. The van der Waals surface area contributed by atoms with E-state index in [0.29, 0.717) is 26.2 Å². The third kappa shape index (κ3) is 3.96. The van der Waals surface area contributed by atoms with Crippen molar-refractivity contribution in [3.05, 3.63) is 35.4 Å². The summed E-state index contributed by atoms with van der Waals surface area (Å²) in [6.07, 6.45) is 1.68. The molecule has 132 valence electrons. The van der Waals surface area contributed by atoms with Crippen molar-refractivity contribution in [3.8, 4) is 0 Å². The molecular formula is C17H25N3O3S. The molecule has 1 amide bonds. The number of nitrogens with one attached hydrogen (secondary N) is 1. The highest BCUT2D eigenvalue weighted by Crippen LogP contribution is 2.21. The van der Waals surface area contributed by atoms with Crippen LogP contribution in [0.5, 0.6) is 0 Å². The lowest BCUT2D eigenvalue weighted by atomic mass is 10.1. The number of sulfonamides is 1. The van der Waals surface area contributed by atoms with Crippen molar-refractivity contribution in [1.29, 1.82) is 0 Å². The van der Waals surface area contributed by atoms with Crippen molar-refractivity contribution >= 4 is 15.9 Å². The average Bonchev–Trinajstić information content (AvgIpc) is 2.55. The molecule has 6 nitrogen and oxygen atoms in total. The minimum Gasteiger partial charge on any atom is -0.336 e. The number of piperidine rings is 1. The van der Waals surface area contributed by atoms with Crippen LogP contribution in [0.3, 0.4) is 0 Å². The second-order valence-corrected chi connectivity index (χ2v) is 8.63. The molecule has 2 saturated heterocycles. The number of rotatable bonds is 4. The van der Waals surface area contributed by atoms with Crippen molar-refractivity contribution < 1.29 is 13.2 Å². The molecule has 1 aromatic rings. The largest absolute Gasteiger partial charge is 0.336 e. The number of piperazine rings is 1. The first-order chi connectivity index (χ1) is 11.5. The Labute approximate surface area is 143 Å². The number of carbonyl (C=O) groups is 1. The van der Waals surface area contributed by atoms with E-state index in [1.54, 1.807) is 4.31 Å². The zero-order valence-electron chi connectivity index (χ0n) is 14.1. The van der Waals surface area contributed by atoms with E-state index in [4.69, 9.17) is 0 Å². The van der Waals surface area contributed by atoms with Gasteiger partial charge in [-0.15, -0.1) is 0 Å². The van der Waals surface area contributed by atoms with E-state index in [1.165, 1.54) is 0 Å². The number of amides is 1. The molecule has 7 heteroatoms. The van der Waals surface area contributed by atoms with Crippen LogP contribution < -0.4 is 5.32 Å². The zero-order valence-corrected chi connectivity index (χ0v) is 14.9. The van der Waals surface area contributed by atoms with Gasteiger partial charge in [0, 0.05) is 32.2 Å². The van der Waals surface area contributed by atoms with Crippen LogP contribution in [0.15, 0.2) is 24.3 Å². The molecule has 2 fully saturated rings. The summed E-state index contributed by atoms with van der Waals surface area (Å²) >= 11 is 0. The summed E-state index contributed by atoms with van der Waals surface area (Å²) in [5.74, 6) is 0.0980. The van der Waals surface area contributed by atoms with E-state index < -0.39 is 10.0 Å². The highest BCUT2D eigenvalue weighted by molar-refractivity contribution is 7.88. The van der Waals surface area contributed by atoms with Gasteiger partial charge in [-0.05, 0) is 25.3 Å². The second kappa shape index (κ2) is 7.21. The molecule has 2 heterocycles. The van der Waals surface area contributed by atoms with Crippen molar-refractivity contribution in [3.63, 3.8) is 0 Å². The number of benzene rings is 1. The fourth-order valence-corrected chi connectivity index (χ4v) is 5.13. The van der Waals surface area contributed by atoms with Crippen LogP contribution in [0.4, 0.5) is 0 Å². The summed E-state index contributed by atoms with van der Waals surface area (Å²) in [5, 5.41) is 3.06. The Morgan fingerprint density at radius 1 is 1.29 bits per heavy atom. The Bertz CT molecular complexity index is 705. The van der Waals surface area contributed by atoms with Gasteiger partial charge in [-0.2, -0.15) is 4.31 Å². The lowest BCUT2D eigenvalue weighted by Gasteiger charge is -2.40.